The molecule has 0 N–H and O–H groups in total. The fraction of sp³-hybridized carbons (Fsp3) is 0.0769. The lowest BCUT2D eigenvalue weighted by atomic mass is 10.2. The van der Waals surface area contributed by atoms with Crippen LogP contribution in [0, 0.1) is 18.3 Å². The molecule has 3 aromatic rings. The molecule has 5 nitrogen and oxygen atoms in total. The van der Waals surface area contributed by atoms with E-state index in [4.69, 9.17) is 9.78 Å². The van der Waals surface area contributed by atoms with Crippen molar-refractivity contribution in [3.63, 3.8) is 0 Å². The van der Waals surface area contributed by atoms with Crippen molar-refractivity contribution in [3.8, 4) is 28.4 Å². The molecule has 0 radical (unpaired) electrons. The van der Waals surface area contributed by atoms with Gasteiger partial charge in [0.05, 0.1) is 5.56 Å². The highest BCUT2D eigenvalue weighted by Crippen LogP contribution is 2.29. The molecule has 0 aliphatic carbocycles. The molecule has 0 aliphatic rings. The third-order valence-electron chi connectivity index (χ3n) is 2.63. The SMILES string of the molecule is Cc1cccnc1-c1noc(-c2sccc2C#N)n1. The van der Waals surface area contributed by atoms with Crippen LogP contribution in [0.2, 0.25) is 0 Å². The van der Waals surface area contributed by atoms with Gasteiger partial charge in [0.15, 0.2) is 0 Å². The highest BCUT2D eigenvalue weighted by atomic mass is 32.1. The molecule has 0 amide bonds. The minimum absolute atomic E-state index is 0.353. The molecule has 0 saturated carbocycles. The monoisotopic (exact) mass is 268 g/mol. The summed E-state index contributed by atoms with van der Waals surface area (Å²) in [5.74, 6) is 0.789. The molecule has 3 heterocycles. The van der Waals surface area contributed by atoms with Crippen LogP contribution in [0.3, 0.4) is 0 Å². The molecule has 19 heavy (non-hydrogen) atoms. The molecule has 0 aromatic carbocycles. The van der Waals surface area contributed by atoms with Gasteiger partial charge in [-0.1, -0.05) is 11.2 Å². The minimum Gasteiger partial charge on any atom is -0.333 e. The van der Waals surface area contributed by atoms with Crippen LogP contribution >= 0.6 is 11.3 Å². The Morgan fingerprint density at radius 1 is 1.37 bits per heavy atom. The maximum absolute atomic E-state index is 8.99. The quantitative estimate of drug-likeness (QED) is 0.714. The number of nitrogens with zero attached hydrogens (tertiary/aromatic N) is 4. The van der Waals surface area contributed by atoms with Crippen LogP contribution in [0.15, 0.2) is 34.3 Å². The van der Waals surface area contributed by atoms with Gasteiger partial charge in [0.2, 0.25) is 5.82 Å². The first-order chi connectivity index (χ1) is 9.29. The summed E-state index contributed by atoms with van der Waals surface area (Å²) in [4.78, 5) is 9.24. The van der Waals surface area contributed by atoms with E-state index in [1.165, 1.54) is 11.3 Å². The van der Waals surface area contributed by atoms with Crippen molar-refractivity contribution in [1.29, 1.82) is 5.26 Å². The zero-order valence-electron chi connectivity index (χ0n) is 9.99. The van der Waals surface area contributed by atoms with Crippen molar-refractivity contribution in [1.82, 2.24) is 15.1 Å². The molecule has 0 spiro atoms. The molecular weight excluding hydrogens is 260 g/mol. The van der Waals surface area contributed by atoms with Crippen LogP contribution in [0.5, 0.6) is 0 Å². The molecule has 0 fully saturated rings. The van der Waals surface area contributed by atoms with E-state index in [-0.39, 0.29) is 0 Å². The number of aryl methyl sites for hydroxylation is 1. The molecule has 0 unspecified atom stereocenters. The first kappa shape index (κ1) is 11.6. The van der Waals surface area contributed by atoms with E-state index in [1.807, 2.05) is 24.4 Å². The van der Waals surface area contributed by atoms with Gasteiger partial charge < -0.3 is 4.52 Å². The Balaban J connectivity index is 2.06. The van der Waals surface area contributed by atoms with Crippen molar-refractivity contribution in [3.05, 3.63) is 40.9 Å². The van der Waals surface area contributed by atoms with Gasteiger partial charge in [0.25, 0.3) is 5.89 Å². The third-order valence-corrected chi connectivity index (χ3v) is 3.53. The summed E-state index contributed by atoms with van der Waals surface area (Å²) < 4.78 is 5.22. The summed E-state index contributed by atoms with van der Waals surface area (Å²) in [6.07, 6.45) is 1.68. The minimum atomic E-state index is 0.353. The van der Waals surface area contributed by atoms with Crippen LogP contribution < -0.4 is 0 Å². The average molecular weight is 268 g/mol. The first-order valence-electron chi connectivity index (χ1n) is 5.53. The summed E-state index contributed by atoms with van der Waals surface area (Å²) in [6, 6.07) is 7.62. The Bertz CT molecular complexity index is 752. The van der Waals surface area contributed by atoms with Gasteiger partial charge in [0.1, 0.15) is 16.6 Å². The van der Waals surface area contributed by atoms with Crippen molar-refractivity contribution in [2.45, 2.75) is 6.92 Å². The van der Waals surface area contributed by atoms with Gasteiger partial charge in [-0.15, -0.1) is 11.3 Å². The third kappa shape index (κ3) is 2.00. The fourth-order valence-electron chi connectivity index (χ4n) is 1.69. The number of hydrogen-bond acceptors (Lipinski definition) is 6. The molecule has 3 aromatic heterocycles. The van der Waals surface area contributed by atoms with Gasteiger partial charge in [-0.05, 0) is 30.0 Å². The number of pyridine rings is 1. The summed E-state index contributed by atoms with van der Waals surface area (Å²) >= 11 is 1.40. The van der Waals surface area contributed by atoms with Crippen molar-refractivity contribution < 1.29 is 4.52 Å². The normalized spacial score (nSPS) is 10.3. The molecular formula is C13H8N4OS. The van der Waals surface area contributed by atoms with E-state index < -0.39 is 0 Å². The molecule has 0 saturated heterocycles. The second-order valence-electron chi connectivity index (χ2n) is 3.87. The van der Waals surface area contributed by atoms with E-state index >= 15 is 0 Å². The second-order valence-corrected chi connectivity index (χ2v) is 4.78. The summed E-state index contributed by atoms with van der Waals surface area (Å²) in [6.45, 7) is 1.93. The van der Waals surface area contributed by atoms with Crippen LogP contribution in [0.1, 0.15) is 11.1 Å². The Labute approximate surface area is 113 Å². The zero-order chi connectivity index (χ0) is 13.2. The maximum Gasteiger partial charge on any atom is 0.269 e. The average Bonchev–Trinajstić information content (AvgIpc) is 3.07. The van der Waals surface area contributed by atoms with Crippen molar-refractivity contribution >= 4 is 11.3 Å². The van der Waals surface area contributed by atoms with E-state index in [0.717, 1.165) is 5.56 Å². The number of rotatable bonds is 2. The second kappa shape index (κ2) is 4.63. The largest absolute Gasteiger partial charge is 0.333 e. The van der Waals surface area contributed by atoms with Crippen LogP contribution in [0.25, 0.3) is 22.3 Å². The van der Waals surface area contributed by atoms with Gasteiger partial charge >= 0.3 is 0 Å². The first-order valence-corrected chi connectivity index (χ1v) is 6.41. The van der Waals surface area contributed by atoms with Gasteiger partial charge in [0, 0.05) is 6.20 Å². The van der Waals surface area contributed by atoms with Crippen molar-refractivity contribution in [2.24, 2.45) is 0 Å². The standard InChI is InChI=1S/C13H8N4OS/c1-8-3-2-5-15-10(8)12-16-13(18-17-12)11-9(7-14)4-6-19-11/h2-6H,1H3. The van der Waals surface area contributed by atoms with Crippen molar-refractivity contribution in [2.75, 3.05) is 0 Å². The topological polar surface area (TPSA) is 75.6 Å². The molecule has 0 bridgehead atoms. The fourth-order valence-corrected chi connectivity index (χ4v) is 2.46. The lowest BCUT2D eigenvalue weighted by molar-refractivity contribution is 0.433. The molecule has 0 aliphatic heterocycles. The lowest BCUT2D eigenvalue weighted by Gasteiger charge is -1.96. The van der Waals surface area contributed by atoms with E-state index in [9.17, 15) is 0 Å². The number of nitriles is 1. The van der Waals surface area contributed by atoms with Crippen LogP contribution in [-0.2, 0) is 0 Å². The number of aromatic nitrogens is 3. The Morgan fingerprint density at radius 2 is 2.26 bits per heavy atom. The maximum atomic E-state index is 8.99. The smallest absolute Gasteiger partial charge is 0.269 e. The molecule has 0 atom stereocenters. The number of hydrogen-bond donors (Lipinski definition) is 0. The molecule has 92 valence electrons. The lowest BCUT2D eigenvalue weighted by Crippen LogP contribution is -1.89. The Morgan fingerprint density at radius 3 is 3.05 bits per heavy atom. The Hall–Kier alpha value is -2.52. The van der Waals surface area contributed by atoms with Gasteiger partial charge in [-0.2, -0.15) is 10.2 Å². The van der Waals surface area contributed by atoms with E-state index in [0.29, 0.717) is 27.8 Å². The Kier molecular flexibility index (Phi) is 2.82. The van der Waals surface area contributed by atoms with E-state index in [2.05, 4.69) is 21.2 Å². The van der Waals surface area contributed by atoms with Crippen LogP contribution in [0.4, 0.5) is 0 Å². The van der Waals surface area contributed by atoms with Gasteiger partial charge in [-0.25, -0.2) is 0 Å². The number of thiophene rings is 1. The summed E-state index contributed by atoms with van der Waals surface area (Å²) in [7, 11) is 0. The molecule has 3 rings (SSSR count). The summed E-state index contributed by atoms with van der Waals surface area (Å²) in [5, 5.41) is 14.7. The van der Waals surface area contributed by atoms with Crippen LogP contribution in [-0.4, -0.2) is 15.1 Å². The predicted octanol–water partition coefficient (Wildman–Crippen LogP) is 3.04. The predicted molar refractivity (Wildman–Crippen MR) is 70.3 cm³/mol. The van der Waals surface area contributed by atoms with E-state index in [1.54, 1.807) is 12.3 Å². The highest BCUT2D eigenvalue weighted by Gasteiger charge is 2.16. The van der Waals surface area contributed by atoms with Gasteiger partial charge in [-0.3, -0.25) is 4.98 Å². The highest BCUT2D eigenvalue weighted by molar-refractivity contribution is 7.13. The molecule has 6 heteroatoms. The zero-order valence-corrected chi connectivity index (χ0v) is 10.8. The summed E-state index contributed by atoms with van der Waals surface area (Å²) in [5.41, 5.74) is 2.20.